The predicted molar refractivity (Wildman–Crippen MR) is 158 cm³/mol. The molecule has 3 heterocycles. The fourth-order valence-corrected chi connectivity index (χ4v) is 5.63. The van der Waals surface area contributed by atoms with Crippen molar-refractivity contribution in [2.24, 2.45) is 0 Å². The number of fused-ring (bicyclic) bond motifs is 4. The van der Waals surface area contributed by atoms with E-state index in [9.17, 15) is 0 Å². The molecule has 182 valence electrons. The Kier molecular flexibility index (Phi) is 4.79. The van der Waals surface area contributed by atoms with Crippen LogP contribution in [0.5, 0.6) is 0 Å². The molecule has 0 N–H and O–H groups in total. The monoisotopic (exact) mass is 499 g/mol. The Hall–Kier alpha value is -5.35. The average molecular weight is 500 g/mol. The first-order chi connectivity index (χ1) is 19.3. The molecule has 5 aromatic carbocycles. The van der Waals surface area contributed by atoms with Crippen LogP contribution in [0.2, 0.25) is 0 Å². The molecule has 8 aromatic rings. The summed E-state index contributed by atoms with van der Waals surface area (Å²) in [5.41, 5.74) is 8.00. The maximum absolute atomic E-state index is 6.01. The molecule has 39 heavy (non-hydrogen) atoms. The van der Waals surface area contributed by atoms with Gasteiger partial charge in [0.15, 0.2) is 11.2 Å². The summed E-state index contributed by atoms with van der Waals surface area (Å²) in [6.45, 7) is 0. The molecule has 0 aliphatic rings. The highest BCUT2D eigenvalue weighted by Crippen LogP contribution is 2.44. The van der Waals surface area contributed by atoms with Crippen molar-refractivity contribution in [1.29, 1.82) is 0 Å². The molecule has 8 rings (SSSR count). The van der Waals surface area contributed by atoms with Gasteiger partial charge in [0.25, 0.3) is 0 Å². The van der Waals surface area contributed by atoms with Gasteiger partial charge < -0.3 is 4.42 Å². The number of aromatic nitrogens is 3. The van der Waals surface area contributed by atoms with E-state index in [0.29, 0.717) is 5.89 Å². The van der Waals surface area contributed by atoms with Gasteiger partial charge in [-0.15, -0.1) is 0 Å². The van der Waals surface area contributed by atoms with Crippen LogP contribution in [0, 0.1) is 0 Å². The van der Waals surface area contributed by atoms with E-state index in [1.807, 2.05) is 36.5 Å². The third kappa shape index (κ3) is 3.50. The minimum absolute atomic E-state index is 0.631. The predicted octanol–water partition coefficient (Wildman–Crippen LogP) is 9.08. The van der Waals surface area contributed by atoms with Crippen molar-refractivity contribution >= 4 is 43.7 Å². The van der Waals surface area contributed by atoms with Crippen LogP contribution in [0.3, 0.4) is 0 Å². The van der Waals surface area contributed by atoms with Crippen LogP contribution in [-0.4, -0.2) is 15.0 Å². The van der Waals surface area contributed by atoms with Gasteiger partial charge in [-0.2, -0.15) is 0 Å². The molecule has 0 radical (unpaired) electrons. The summed E-state index contributed by atoms with van der Waals surface area (Å²) >= 11 is 0. The van der Waals surface area contributed by atoms with E-state index in [-0.39, 0.29) is 0 Å². The van der Waals surface area contributed by atoms with E-state index >= 15 is 0 Å². The van der Waals surface area contributed by atoms with Crippen molar-refractivity contribution in [2.45, 2.75) is 0 Å². The third-order valence-electron chi connectivity index (χ3n) is 7.39. The molecule has 0 saturated carbocycles. The van der Waals surface area contributed by atoms with Crippen LogP contribution in [0.25, 0.3) is 77.4 Å². The molecule has 0 atom stereocenters. The summed E-state index contributed by atoms with van der Waals surface area (Å²) in [6.07, 6.45) is 3.72. The van der Waals surface area contributed by atoms with Gasteiger partial charge in [-0.05, 0) is 80.7 Å². The van der Waals surface area contributed by atoms with Crippen molar-refractivity contribution in [1.82, 2.24) is 15.0 Å². The Morgan fingerprint density at radius 2 is 1.13 bits per heavy atom. The highest BCUT2D eigenvalue weighted by atomic mass is 16.3. The molecule has 0 aliphatic carbocycles. The molecule has 3 aromatic heterocycles. The summed E-state index contributed by atoms with van der Waals surface area (Å²) in [4.78, 5) is 13.8. The highest BCUT2D eigenvalue weighted by molar-refractivity contribution is 6.21. The van der Waals surface area contributed by atoms with Gasteiger partial charge in [0.2, 0.25) is 5.89 Å². The van der Waals surface area contributed by atoms with Crippen molar-refractivity contribution in [3.05, 3.63) is 128 Å². The fraction of sp³-hybridized carbons (Fsp3) is 0. The standard InChI is InChI=1S/C35H21N3O/c1-3-11-28-26(9-1)32(22-15-17-23(18-16-22)35-38-30-13-5-6-14-31(30)39-35)27-10-2-4-12-29(27)33(28)25-20-24-8-7-19-36-34(24)37-21-25/h1-21H. The van der Waals surface area contributed by atoms with Gasteiger partial charge in [0.05, 0.1) is 0 Å². The van der Waals surface area contributed by atoms with Crippen molar-refractivity contribution in [3.63, 3.8) is 0 Å². The number of nitrogens with zero attached hydrogens (tertiary/aromatic N) is 3. The van der Waals surface area contributed by atoms with Crippen LogP contribution in [0.4, 0.5) is 0 Å². The summed E-state index contributed by atoms with van der Waals surface area (Å²) in [5, 5.41) is 5.82. The first kappa shape index (κ1) is 21.7. The summed E-state index contributed by atoms with van der Waals surface area (Å²) in [5.74, 6) is 0.631. The zero-order chi connectivity index (χ0) is 25.8. The average Bonchev–Trinajstić information content (AvgIpc) is 3.44. The Bertz CT molecular complexity index is 2090. The quantitative estimate of drug-likeness (QED) is 0.228. The molecule has 0 spiro atoms. The molecule has 4 heteroatoms. The number of rotatable bonds is 3. The van der Waals surface area contributed by atoms with Gasteiger partial charge in [-0.3, -0.25) is 0 Å². The zero-order valence-corrected chi connectivity index (χ0v) is 20.9. The Morgan fingerprint density at radius 1 is 0.513 bits per heavy atom. The van der Waals surface area contributed by atoms with Gasteiger partial charge in [0, 0.05) is 28.9 Å². The van der Waals surface area contributed by atoms with Crippen molar-refractivity contribution in [3.8, 4) is 33.7 Å². The van der Waals surface area contributed by atoms with Gasteiger partial charge >= 0.3 is 0 Å². The summed E-state index contributed by atoms with van der Waals surface area (Å²) in [7, 11) is 0. The van der Waals surface area contributed by atoms with Crippen LogP contribution in [0.15, 0.2) is 132 Å². The summed E-state index contributed by atoms with van der Waals surface area (Å²) < 4.78 is 6.01. The van der Waals surface area contributed by atoms with E-state index in [2.05, 4.69) is 99.9 Å². The lowest BCUT2D eigenvalue weighted by atomic mass is 9.86. The van der Waals surface area contributed by atoms with Gasteiger partial charge in [0.1, 0.15) is 5.52 Å². The third-order valence-corrected chi connectivity index (χ3v) is 7.39. The lowest BCUT2D eigenvalue weighted by Gasteiger charge is -2.17. The molecule has 0 saturated heterocycles. The van der Waals surface area contributed by atoms with E-state index < -0.39 is 0 Å². The number of para-hydroxylation sites is 2. The lowest BCUT2D eigenvalue weighted by Crippen LogP contribution is -1.92. The first-order valence-electron chi connectivity index (χ1n) is 12.9. The second-order valence-corrected chi connectivity index (χ2v) is 9.68. The maximum Gasteiger partial charge on any atom is 0.227 e. The first-order valence-corrected chi connectivity index (χ1v) is 12.9. The minimum atomic E-state index is 0.631. The topological polar surface area (TPSA) is 51.8 Å². The number of hydrogen-bond donors (Lipinski definition) is 0. The van der Waals surface area contributed by atoms with Gasteiger partial charge in [-0.1, -0.05) is 72.8 Å². The van der Waals surface area contributed by atoms with E-state index in [1.54, 1.807) is 6.20 Å². The van der Waals surface area contributed by atoms with Crippen LogP contribution in [-0.2, 0) is 0 Å². The van der Waals surface area contributed by atoms with Crippen LogP contribution >= 0.6 is 0 Å². The van der Waals surface area contributed by atoms with Crippen molar-refractivity contribution < 1.29 is 4.42 Å². The molecular formula is C35H21N3O. The van der Waals surface area contributed by atoms with Crippen LogP contribution < -0.4 is 0 Å². The second-order valence-electron chi connectivity index (χ2n) is 9.68. The van der Waals surface area contributed by atoms with E-state index in [0.717, 1.165) is 38.8 Å². The largest absolute Gasteiger partial charge is 0.436 e. The Labute approximate surface area is 224 Å². The zero-order valence-electron chi connectivity index (χ0n) is 20.9. The fourth-order valence-electron chi connectivity index (χ4n) is 5.63. The van der Waals surface area contributed by atoms with E-state index in [1.165, 1.54) is 32.7 Å². The Balaban J connectivity index is 1.35. The maximum atomic E-state index is 6.01. The molecular weight excluding hydrogens is 478 g/mol. The van der Waals surface area contributed by atoms with E-state index in [4.69, 9.17) is 4.42 Å². The molecule has 0 bridgehead atoms. The molecule has 4 nitrogen and oxygen atoms in total. The molecule has 0 fully saturated rings. The smallest absolute Gasteiger partial charge is 0.227 e. The number of oxazole rings is 1. The highest BCUT2D eigenvalue weighted by Gasteiger charge is 2.17. The van der Waals surface area contributed by atoms with Crippen molar-refractivity contribution in [2.75, 3.05) is 0 Å². The molecule has 0 aliphatic heterocycles. The van der Waals surface area contributed by atoms with Crippen LogP contribution in [0.1, 0.15) is 0 Å². The normalized spacial score (nSPS) is 11.6. The number of pyridine rings is 2. The summed E-state index contributed by atoms with van der Waals surface area (Å²) in [6, 6.07) is 39.9. The number of benzene rings is 5. The lowest BCUT2D eigenvalue weighted by molar-refractivity contribution is 0.620. The molecule has 0 amide bonds. The molecule has 0 unspecified atom stereocenters. The second kappa shape index (κ2) is 8.61. The minimum Gasteiger partial charge on any atom is -0.436 e. The van der Waals surface area contributed by atoms with Gasteiger partial charge in [-0.25, -0.2) is 15.0 Å². The number of hydrogen-bond acceptors (Lipinski definition) is 4. The SMILES string of the molecule is c1cnc2ncc(-c3c4ccccc4c(-c4ccc(-c5nc6ccccc6o5)cc4)c4ccccc34)cc2c1. The Morgan fingerprint density at radius 3 is 1.82 bits per heavy atom.